The van der Waals surface area contributed by atoms with Gasteiger partial charge in [-0.1, -0.05) is 18.6 Å². The van der Waals surface area contributed by atoms with Crippen LogP contribution in [0.3, 0.4) is 0 Å². The van der Waals surface area contributed by atoms with Crippen molar-refractivity contribution in [2.45, 2.75) is 32.2 Å². The highest BCUT2D eigenvalue weighted by Gasteiger charge is 2.20. The maximum atomic E-state index is 5.87. The summed E-state index contributed by atoms with van der Waals surface area (Å²) in [5, 5.41) is 0. The lowest BCUT2D eigenvalue weighted by atomic mass is 9.85. The van der Waals surface area contributed by atoms with Crippen LogP contribution in [0.1, 0.15) is 25.1 Å². The number of halogens is 1. The third kappa shape index (κ3) is 2.06. The first-order valence-electron chi connectivity index (χ1n) is 6.38. The maximum absolute atomic E-state index is 5.87. The lowest BCUT2D eigenvalue weighted by Gasteiger charge is -2.26. The number of para-hydroxylation sites is 2. The summed E-state index contributed by atoms with van der Waals surface area (Å²) >= 11 is 5.87. The third-order valence-electron chi connectivity index (χ3n) is 3.72. The molecule has 0 aliphatic heterocycles. The van der Waals surface area contributed by atoms with E-state index in [2.05, 4.69) is 22.8 Å². The molecule has 0 radical (unpaired) electrons. The fourth-order valence-electron chi connectivity index (χ4n) is 2.54. The Hall–Kier alpha value is -1.02. The van der Waals surface area contributed by atoms with Crippen molar-refractivity contribution in [2.75, 3.05) is 5.88 Å². The van der Waals surface area contributed by atoms with Crippen molar-refractivity contribution in [2.24, 2.45) is 5.92 Å². The predicted molar refractivity (Wildman–Crippen MR) is 71.5 cm³/mol. The average molecular weight is 249 g/mol. The number of aryl methyl sites for hydroxylation is 1. The van der Waals surface area contributed by atoms with Crippen molar-refractivity contribution in [1.82, 2.24) is 9.55 Å². The molecule has 1 heterocycles. The Labute approximate surface area is 107 Å². The van der Waals surface area contributed by atoms with Crippen LogP contribution in [-0.2, 0) is 13.0 Å². The minimum atomic E-state index is 0.647. The van der Waals surface area contributed by atoms with Crippen LogP contribution in [0.15, 0.2) is 24.3 Å². The monoisotopic (exact) mass is 248 g/mol. The van der Waals surface area contributed by atoms with Crippen LogP contribution in [0.4, 0.5) is 0 Å². The Balaban J connectivity index is 2.00. The van der Waals surface area contributed by atoms with Crippen LogP contribution in [0, 0.1) is 5.92 Å². The first-order chi connectivity index (χ1) is 8.38. The Kier molecular flexibility index (Phi) is 3.06. The molecule has 90 valence electrons. The van der Waals surface area contributed by atoms with Crippen molar-refractivity contribution >= 4 is 22.6 Å². The normalized spacial score (nSPS) is 16.3. The second-order valence-electron chi connectivity index (χ2n) is 4.86. The first-order valence-corrected chi connectivity index (χ1v) is 6.92. The largest absolute Gasteiger partial charge is 0.328 e. The van der Waals surface area contributed by atoms with Gasteiger partial charge in [-0.25, -0.2) is 4.98 Å². The zero-order valence-electron chi connectivity index (χ0n) is 9.90. The molecular weight excluding hydrogens is 232 g/mol. The molecule has 0 N–H and O–H groups in total. The SMILES string of the molecule is ClCCc1nc2ccccc2n1CC1CCC1. The van der Waals surface area contributed by atoms with Gasteiger partial charge in [0.2, 0.25) is 0 Å². The van der Waals surface area contributed by atoms with Crippen LogP contribution >= 0.6 is 11.6 Å². The molecule has 2 aromatic rings. The van der Waals surface area contributed by atoms with E-state index < -0.39 is 0 Å². The van der Waals surface area contributed by atoms with Gasteiger partial charge in [-0.3, -0.25) is 0 Å². The summed E-state index contributed by atoms with van der Waals surface area (Å²) < 4.78 is 2.38. The molecule has 0 unspecified atom stereocenters. The molecule has 1 fully saturated rings. The van der Waals surface area contributed by atoms with E-state index in [1.54, 1.807) is 0 Å². The quantitative estimate of drug-likeness (QED) is 0.756. The Morgan fingerprint density at radius 1 is 1.29 bits per heavy atom. The molecule has 3 heteroatoms. The van der Waals surface area contributed by atoms with Crippen molar-refractivity contribution in [3.05, 3.63) is 30.1 Å². The van der Waals surface area contributed by atoms with Crippen molar-refractivity contribution in [3.63, 3.8) is 0 Å². The molecule has 0 spiro atoms. The molecule has 3 rings (SSSR count). The lowest BCUT2D eigenvalue weighted by molar-refractivity contribution is 0.277. The van der Waals surface area contributed by atoms with Crippen molar-refractivity contribution < 1.29 is 0 Å². The molecule has 1 aromatic carbocycles. The molecule has 0 saturated heterocycles. The summed E-state index contributed by atoms with van der Waals surface area (Å²) in [5.41, 5.74) is 2.37. The molecule has 1 aliphatic rings. The Morgan fingerprint density at radius 3 is 2.82 bits per heavy atom. The van der Waals surface area contributed by atoms with Crippen LogP contribution in [-0.4, -0.2) is 15.4 Å². The van der Waals surface area contributed by atoms with E-state index in [-0.39, 0.29) is 0 Å². The minimum Gasteiger partial charge on any atom is -0.328 e. The lowest BCUT2D eigenvalue weighted by Crippen LogP contribution is -2.19. The smallest absolute Gasteiger partial charge is 0.111 e. The maximum Gasteiger partial charge on any atom is 0.111 e. The highest BCUT2D eigenvalue weighted by molar-refractivity contribution is 6.17. The van der Waals surface area contributed by atoms with E-state index >= 15 is 0 Å². The van der Waals surface area contributed by atoms with Gasteiger partial charge >= 0.3 is 0 Å². The Morgan fingerprint density at radius 2 is 2.12 bits per heavy atom. The van der Waals surface area contributed by atoms with E-state index in [0.717, 1.165) is 30.2 Å². The number of fused-ring (bicyclic) bond motifs is 1. The van der Waals surface area contributed by atoms with Crippen molar-refractivity contribution in [3.8, 4) is 0 Å². The molecule has 0 bridgehead atoms. The molecular formula is C14H17ClN2. The summed E-state index contributed by atoms with van der Waals surface area (Å²) in [6.45, 7) is 1.12. The fourth-order valence-corrected chi connectivity index (χ4v) is 2.71. The van der Waals surface area contributed by atoms with Gasteiger partial charge in [-0.15, -0.1) is 11.6 Å². The van der Waals surface area contributed by atoms with Gasteiger partial charge in [-0.05, 0) is 30.9 Å². The number of hydrogen-bond donors (Lipinski definition) is 0. The second kappa shape index (κ2) is 4.69. The summed E-state index contributed by atoms with van der Waals surface area (Å²) in [5.74, 6) is 2.64. The summed E-state index contributed by atoms with van der Waals surface area (Å²) in [4.78, 5) is 4.69. The van der Waals surface area contributed by atoms with Crippen molar-refractivity contribution in [1.29, 1.82) is 0 Å². The van der Waals surface area contributed by atoms with Crippen LogP contribution < -0.4 is 0 Å². The van der Waals surface area contributed by atoms with E-state index in [1.165, 1.54) is 24.8 Å². The number of hydrogen-bond acceptors (Lipinski definition) is 1. The molecule has 1 saturated carbocycles. The second-order valence-corrected chi connectivity index (χ2v) is 5.24. The minimum absolute atomic E-state index is 0.647. The van der Waals surface area contributed by atoms with Gasteiger partial charge < -0.3 is 4.57 Å². The summed E-state index contributed by atoms with van der Waals surface area (Å²) in [7, 11) is 0. The van der Waals surface area contributed by atoms with E-state index in [0.29, 0.717) is 5.88 Å². The summed E-state index contributed by atoms with van der Waals surface area (Å²) in [6, 6.07) is 8.39. The number of rotatable bonds is 4. The molecule has 0 amide bonds. The van der Waals surface area contributed by atoms with Crippen LogP contribution in [0.25, 0.3) is 11.0 Å². The standard InChI is InChI=1S/C14H17ClN2/c15-9-8-14-16-12-6-1-2-7-13(12)17(14)10-11-4-3-5-11/h1-2,6-7,11H,3-5,8-10H2. The molecule has 1 aliphatic carbocycles. The molecule has 0 atom stereocenters. The van der Waals surface area contributed by atoms with Gasteiger partial charge in [0.05, 0.1) is 11.0 Å². The number of aromatic nitrogens is 2. The van der Waals surface area contributed by atoms with Gasteiger partial charge in [0.1, 0.15) is 5.82 Å². The van der Waals surface area contributed by atoms with E-state index in [4.69, 9.17) is 16.6 Å². The van der Waals surface area contributed by atoms with Crippen LogP contribution in [0.2, 0.25) is 0 Å². The zero-order chi connectivity index (χ0) is 11.7. The van der Waals surface area contributed by atoms with Gasteiger partial charge in [0.25, 0.3) is 0 Å². The first kappa shape index (κ1) is 11.1. The fraction of sp³-hybridized carbons (Fsp3) is 0.500. The number of imidazole rings is 1. The molecule has 2 nitrogen and oxygen atoms in total. The third-order valence-corrected chi connectivity index (χ3v) is 3.91. The highest BCUT2D eigenvalue weighted by Crippen LogP contribution is 2.30. The van der Waals surface area contributed by atoms with Gasteiger partial charge in [0, 0.05) is 18.8 Å². The zero-order valence-corrected chi connectivity index (χ0v) is 10.7. The van der Waals surface area contributed by atoms with Gasteiger partial charge in [0.15, 0.2) is 0 Å². The molecule has 17 heavy (non-hydrogen) atoms. The number of benzene rings is 1. The molecule has 1 aromatic heterocycles. The topological polar surface area (TPSA) is 17.8 Å². The Bertz CT molecular complexity index is 514. The number of nitrogens with zero attached hydrogens (tertiary/aromatic N) is 2. The number of alkyl halides is 1. The average Bonchev–Trinajstić information content (AvgIpc) is 2.62. The predicted octanol–water partition coefficient (Wildman–Crippen LogP) is 3.62. The van der Waals surface area contributed by atoms with E-state index in [1.807, 2.05) is 6.07 Å². The van der Waals surface area contributed by atoms with E-state index in [9.17, 15) is 0 Å². The van der Waals surface area contributed by atoms with Crippen LogP contribution in [0.5, 0.6) is 0 Å². The van der Waals surface area contributed by atoms with Gasteiger partial charge in [-0.2, -0.15) is 0 Å². The summed E-state index contributed by atoms with van der Waals surface area (Å²) in [6.07, 6.45) is 4.99. The highest BCUT2D eigenvalue weighted by atomic mass is 35.5.